The second-order valence-corrected chi connectivity index (χ2v) is 8.08. The number of pyridine rings is 1. The Labute approximate surface area is 168 Å². The summed E-state index contributed by atoms with van der Waals surface area (Å²) in [5.41, 5.74) is 1.13. The molecular weight excluding hydrogens is 464 g/mol. The summed E-state index contributed by atoms with van der Waals surface area (Å²) in [5.74, 6) is -1.19. The molecule has 2 aromatic heterocycles. The number of anilines is 2. The Hall–Kier alpha value is -1.78. The van der Waals surface area contributed by atoms with Gasteiger partial charge in [0.15, 0.2) is 0 Å². The van der Waals surface area contributed by atoms with Crippen molar-refractivity contribution in [1.82, 2.24) is 4.98 Å². The van der Waals surface area contributed by atoms with E-state index in [1.54, 1.807) is 6.07 Å². The summed E-state index contributed by atoms with van der Waals surface area (Å²) in [6.07, 6.45) is 1.30. The molecule has 3 rings (SSSR count). The van der Waals surface area contributed by atoms with Gasteiger partial charge in [-0.25, -0.2) is 18.3 Å². The molecule has 26 heavy (non-hydrogen) atoms. The van der Waals surface area contributed by atoms with Gasteiger partial charge >= 0.3 is 5.97 Å². The SMILES string of the molecule is O=C(O)c1sc(-c2ccccc2)cc1N(c1cnc(Cl)c(Br)c1)S(=O)O. The van der Waals surface area contributed by atoms with Crippen molar-refractivity contribution in [3.8, 4) is 10.4 Å². The molecule has 0 saturated carbocycles. The van der Waals surface area contributed by atoms with Crippen LogP contribution >= 0.6 is 38.9 Å². The van der Waals surface area contributed by atoms with Gasteiger partial charge in [0, 0.05) is 4.88 Å². The third-order valence-electron chi connectivity index (χ3n) is 3.36. The zero-order valence-corrected chi connectivity index (χ0v) is 16.8. The van der Waals surface area contributed by atoms with E-state index in [0.29, 0.717) is 9.35 Å². The summed E-state index contributed by atoms with van der Waals surface area (Å²) >= 11 is 7.59. The Bertz CT molecular complexity index is 997. The molecule has 0 amide bonds. The Morgan fingerprint density at radius 1 is 1.27 bits per heavy atom. The van der Waals surface area contributed by atoms with Crippen LogP contribution in [0.15, 0.2) is 53.1 Å². The first-order chi connectivity index (χ1) is 12.4. The smallest absolute Gasteiger partial charge is 0.348 e. The predicted molar refractivity (Wildman–Crippen MR) is 107 cm³/mol. The molecule has 0 aliphatic heterocycles. The summed E-state index contributed by atoms with van der Waals surface area (Å²) in [5, 5.41) is 9.75. The monoisotopic (exact) mass is 472 g/mol. The highest BCUT2D eigenvalue weighted by atomic mass is 79.9. The van der Waals surface area contributed by atoms with Gasteiger partial charge in [-0.05, 0) is 33.6 Å². The van der Waals surface area contributed by atoms with Gasteiger partial charge in [-0.3, -0.25) is 4.55 Å². The highest BCUT2D eigenvalue weighted by Crippen LogP contribution is 2.41. The van der Waals surface area contributed by atoms with Gasteiger partial charge < -0.3 is 5.11 Å². The first-order valence-corrected chi connectivity index (χ1v) is 10.1. The van der Waals surface area contributed by atoms with Gasteiger partial charge in [0.25, 0.3) is 11.3 Å². The van der Waals surface area contributed by atoms with Crippen molar-refractivity contribution in [1.29, 1.82) is 0 Å². The van der Waals surface area contributed by atoms with E-state index in [1.807, 2.05) is 30.3 Å². The Morgan fingerprint density at radius 3 is 2.54 bits per heavy atom. The Kier molecular flexibility index (Phi) is 5.73. The van der Waals surface area contributed by atoms with E-state index in [1.165, 1.54) is 12.3 Å². The van der Waals surface area contributed by atoms with Crippen LogP contribution in [0.2, 0.25) is 5.15 Å². The lowest BCUT2D eigenvalue weighted by Gasteiger charge is -2.19. The van der Waals surface area contributed by atoms with Crippen LogP contribution in [-0.2, 0) is 11.3 Å². The minimum atomic E-state index is -2.52. The van der Waals surface area contributed by atoms with Gasteiger partial charge in [0.2, 0.25) is 0 Å². The van der Waals surface area contributed by atoms with Gasteiger partial charge in [-0.15, -0.1) is 11.3 Å². The number of hydrogen-bond donors (Lipinski definition) is 2. The maximum absolute atomic E-state index is 12.0. The van der Waals surface area contributed by atoms with Crippen LogP contribution in [0.4, 0.5) is 11.4 Å². The van der Waals surface area contributed by atoms with Crippen LogP contribution in [0.25, 0.3) is 10.4 Å². The molecule has 6 nitrogen and oxygen atoms in total. The molecule has 0 fully saturated rings. The van der Waals surface area contributed by atoms with E-state index >= 15 is 0 Å². The van der Waals surface area contributed by atoms with Crippen LogP contribution in [0.5, 0.6) is 0 Å². The van der Waals surface area contributed by atoms with E-state index in [0.717, 1.165) is 21.2 Å². The molecule has 1 unspecified atom stereocenters. The lowest BCUT2D eigenvalue weighted by molar-refractivity contribution is 0.0703. The van der Waals surface area contributed by atoms with Crippen molar-refractivity contribution in [3.05, 3.63) is 63.2 Å². The quantitative estimate of drug-likeness (QED) is 0.393. The Balaban J connectivity index is 2.18. The van der Waals surface area contributed by atoms with Crippen molar-refractivity contribution in [2.75, 3.05) is 4.31 Å². The number of aromatic nitrogens is 1. The fourth-order valence-electron chi connectivity index (χ4n) is 2.27. The van der Waals surface area contributed by atoms with E-state index in [-0.39, 0.29) is 21.4 Å². The molecule has 1 atom stereocenters. The van der Waals surface area contributed by atoms with Crippen molar-refractivity contribution < 1.29 is 18.7 Å². The summed E-state index contributed by atoms with van der Waals surface area (Å²) in [6.45, 7) is 0. The molecule has 2 N–H and O–H groups in total. The van der Waals surface area contributed by atoms with Crippen LogP contribution in [0, 0.1) is 0 Å². The van der Waals surface area contributed by atoms with Crippen molar-refractivity contribution >= 4 is 67.5 Å². The molecular formula is C16H10BrClN2O4S2. The number of rotatable bonds is 5. The van der Waals surface area contributed by atoms with Gasteiger partial charge in [-0.1, -0.05) is 41.9 Å². The first kappa shape index (κ1) is 19.0. The predicted octanol–water partition coefficient (Wildman–Crippen LogP) is 5.20. The number of carbonyl (C=O) groups is 1. The normalized spacial score (nSPS) is 12.0. The lowest BCUT2D eigenvalue weighted by atomic mass is 10.2. The third kappa shape index (κ3) is 3.81. The maximum atomic E-state index is 12.0. The first-order valence-electron chi connectivity index (χ1n) is 7.03. The second kappa shape index (κ2) is 7.85. The zero-order chi connectivity index (χ0) is 18.8. The highest BCUT2D eigenvalue weighted by Gasteiger charge is 2.26. The van der Waals surface area contributed by atoms with Crippen molar-refractivity contribution in [3.63, 3.8) is 0 Å². The molecule has 0 radical (unpaired) electrons. The largest absolute Gasteiger partial charge is 0.477 e. The van der Waals surface area contributed by atoms with Gasteiger partial charge in [0.1, 0.15) is 10.0 Å². The molecule has 3 aromatic rings. The molecule has 0 bridgehead atoms. The van der Waals surface area contributed by atoms with E-state index < -0.39 is 17.2 Å². The molecule has 0 aliphatic carbocycles. The molecule has 134 valence electrons. The van der Waals surface area contributed by atoms with Crippen LogP contribution < -0.4 is 4.31 Å². The topological polar surface area (TPSA) is 90.7 Å². The standard InChI is InChI=1S/C16H10BrClN2O4S2/c17-11-6-10(8-19-15(11)18)20(26(23)24)12-7-13(25-14(12)16(21)22)9-4-2-1-3-5-9/h1-8H,(H,21,22)(H,23,24). The second-order valence-electron chi connectivity index (χ2n) is 4.99. The molecule has 1 aromatic carbocycles. The molecule has 0 aliphatic rings. The number of halogens is 2. The fourth-order valence-corrected chi connectivity index (χ4v) is 4.34. The molecule has 10 heteroatoms. The number of carboxylic acids is 1. The van der Waals surface area contributed by atoms with Crippen LogP contribution in [-0.4, -0.2) is 24.8 Å². The van der Waals surface area contributed by atoms with Crippen molar-refractivity contribution in [2.24, 2.45) is 0 Å². The van der Waals surface area contributed by atoms with Crippen molar-refractivity contribution in [2.45, 2.75) is 0 Å². The number of nitrogens with zero attached hydrogens (tertiary/aromatic N) is 2. The average molecular weight is 474 g/mol. The van der Waals surface area contributed by atoms with Crippen LogP contribution in [0.1, 0.15) is 9.67 Å². The molecule has 2 heterocycles. The number of aromatic carboxylic acids is 1. The molecule has 0 saturated heterocycles. The summed E-state index contributed by atoms with van der Waals surface area (Å²) < 4.78 is 23.2. The van der Waals surface area contributed by atoms with E-state index in [9.17, 15) is 18.7 Å². The summed E-state index contributed by atoms with van der Waals surface area (Å²) in [4.78, 5) is 16.2. The Morgan fingerprint density at radius 2 is 1.96 bits per heavy atom. The number of benzene rings is 1. The molecule has 0 spiro atoms. The highest BCUT2D eigenvalue weighted by molar-refractivity contribution is 9.10. The maximum Gasteiger partial charge on any atom is 0.348 e. The minimum Gasteiger partial charge on any atom is -0.477 e. The van der Waals surface area contributed by atoms with Crippen LogP contribution in [0.3, 0.4) is 0 Å². The number of carboxylic acid groups (broad SMARTS) is 1. The zero-order valence-electron chi connectivity index (χ0n) is 12.8. The fraction of sp³-hybridized carbons (Fsp3) is 0. The van der Waals surface area contributed by atoms with E-state index in [4.69, 9.17) is 11.6 Å². The summed E-state index contributed by atoms with van der Waals surface area (Å²) in [7, 11) is 0. The number of thiophene rings is 1. The number of hydrogen-bond acceptors (Lipinski definition) is 4. The van der Waals surface area contributed by atoms with E-state index in [2.05, 4.69) is 20.9 Å². The van der Waals surface area contributed by atoms with Gasteiger partial charge in [0.05, 0.1) is 22.0 Å². The summed E-state index contributed by atoms with van der Waals surface area (Å²) in [6, 6.07) is 12.2. The van der Waals surface area contributed by atoms with Gasteiger partial charge in [-0.2, -0.15) is 0 Å². The minimum absolute atomic E-state index is 0.0580. The lowest BCUT2D eigenvalue weighted by Crippen LogP contribution is -2.20. The average Bonchev–Trinajstić information content (AvgIpc) is 3.04. The third-order valence-corrected chi connectivity index (χ3v) is 6.37.